The Bertz CT molecular complexity index is 1270. The minimum atomic E-state index is -0.356. The first-order valence-electron chi connectivity index (χ1n) is 8.91. The van der Waals surface area contributed by atoms with Gasteiger partial charge in [0.15, 0.2) is 0 Å². The fourth-order valence-corrected chi connectivity index (χ4v) is 4.83. The van der Waals surface area contributed by atoms with Gasteiger partial charge in [-0.1, -0.05) is 17.8 Å². The van der Waals surface area contributed by atoms with Gasteiger partial charge in [0.05, 0.1) is 32.3 Å². The molecule has 3 heterocycles. The van der Waals surface area contributed by atoms with Gasteiger partial charge in [-0.2, -0.15) is 5.10 Å². The summed E-state index contributed by atoms with van der Waals surface area (Å²) in [5.41, 5.74) is 0.676. The molecule has 3 aromatic heterocycles. The van der Waals surface area contributed by atoms with Gasteiger partial charge in [0, 0.05) is 27.4 Å². The number of esters is 1. The lowest BCUT2D eigenvalue weighted by Gasteiger charge is -2.08. The van der Waals surface area contributed by atoms with E-state index in [1.807, 2.05) is 29.6 Å². The molecule has 7 nitrogen and oxygen atoms in total. The molecule has 0 amide bonds. The van der Waals surface area contributed by atoms with Crippen molar-refractivity contribution in [1.82, 2.24) is 14.8 Å². The van der Waals surface area contributed by atoms with Crippen molar-refractivity contribution in [2.45, 2.75) is 16.3 Å². The molecule has 1 aromatic carbocycles. The van der Waals surface area contributed by atoms with Crippen LogP contribution in [0.1, 0.15) is 15.2 Å². The van der Waals surface area contributed by atoms with Crippen LogP contribution in [0, 0.1) is 0 Å². The summed E-state index contributed by atoms with van der Waals surface area (Å²) >= 11 is 2.79. The molecule has 0 N–H and O–H groups in total. The van der Waals surface area contributed by atoms with Crippen molar-refractivity contribution >= 4 is 39.8 Å². The van der Waals surface area contributed by atoms with Gasteiger partial charge in [-0.25, -0.2) is 14.5 Å². The van der Waals surface area contributed by atoms with E-state index in [4.69, 9.17) is 9.47 Å². The lowest BCUT2D eigenvalue weighted by Crippen LogP contribution is -2.23. The summed E-state index contributed by atoms with van der Waals surface area (Å²) in [4.78, 5) is 31.2. The monoisotopic (exact) mass is 439 g/mol. The Morgan fingerprint density at radius 1 is 1.17 bits per heavy atom. The Balaban J connectivity index is 1.60. The maximum atomic E-state index is 12.9. The van der Waals surface area contributed by atoms with Crippen LogP contribution in [0.3, 0.4) is 0 Å². The second-order valence-corrected chi connectivity index (χ2v) is 8.30. The van der Waals surface area contributed by atoms with Crippen LogP contribution in [0.4, 0.5) is 0 Å². The molecule has 0 spiro atoms. The molecule has 9 heteroatoms. The summed E-state index contributed by atoms with van der Waals surface area (Å²) in [7, 11) is 2.92. The third-order valence-electron chi connectivity index (χ3n) is 4.39. The molecular formula is C21H17N3O4S2. The second-order valence-electron chi connectivity index (χ2n) is 6.27. The maximum absolute atomic E-state index is 12.9. The van der Waals surface area contributed by atoms with Gasteiger partial charge < -0.3 is 9.47 Å². The Morgan fingerprint density at radius 2 is 2.03 bits per heavy atom. The number of hydrogen-bond donors (Lipinski definition) is 0. The number of aromatic nitrogens is 3. The van der Waals surface area contributed by atoms with Crippen molar-refractivity contribution < 1.29 is 14.3 Å². The van der Waals surface area contributed by atoms with E-state index in [9.17, 15) is 9.59 Å². The van der Waals surface area contributed by atoms with Gasteiger partial charge in [0.2, 0.25) is 5.88 Å². The molecular weight excluding hydrogens is 422 g/mol. The molecule has 30 heavy (non-hydrogen) atoms. The third kappa shape index (κ3) is 4.07. The second kappa shape index (κ2) is 8.68. The van der Waals surface area contributed by atoms with Crippen LogP contribution >= 0.6 is 23.1 Å². The summed E-state index contributed by atoms with van der Waals surface area (Å²) in [5.74, 6) is 0.162. The number of pyridine rings is 1. The Morgan fingerprint density at radius 3 is 2.77 bits per heavy atom. The van der Waals surface area contributed by atoms with E-state index in [2.05, 4.69) is 10.1 Å². The van der Waals surface area contributed by atoms with Crippen molar-refractivity contribution in [3.8, 4) is 5.88 Å². The maximum Gasteiger partial charge on any atom is 0.349 e. The fourth-order valence-electron chi connectivity index (χ4n) is 2.89. The Hall–Kier alpha value is -3.17. The van der Waals surface area contributed by atoms with Gasteiger partial charge in [-0.15, -0.1) is 11.3 Å². The third-order valence-corrected chi connectivity index (χ3v) is 6.46. The highest BCUT2D eigenvalue weighted by Crippen LogP contribution is 2.34. The molecule has 0 radical (unpaired) electrons. The Kier molecular flexibility index (Phi) is 5.82. The van der Waals surface area contributed by atoms with Crippen LogP contribution in [0.5, 0.6) is 5.88 Å². The van der Waals surface area contributed by atoms with Crippen molar-refractivity contribution in [3.63, 3.8) is 0 Å². The van der Waals surface area contributed by atoms with Gasteiger partial charge in [0.25, 0.3) is 5.56 Å². The van der Waals surface area contributed by atoms with Gasteiger partial charge >= 0.3 is 5.97 Å². The van der Waals surface area contributed by atoms with E-state index in [1.165, 1.54) is 34.9 Å². The lowest BCUT2D eigenvalue weighted by molar-refractivity contribution is 0.0603. The number of nitrogens with zero attached hydrogens (tertiary/aromatic N) is 3. The largest absolute Gasteiger partial charge is 0.481 e. The number of ether oxygens (including phenoxy) is 2. The van der Waals surface area contributed by atoms with Crippen molar-refractivity contribution in [2.75, 3.05) is 14.2 Å². The molecule has 0 saturated heterocycles. The lowest BCUT2D eigenvalue weighted by atomic mass is 10.2. The van der Waals surface area contributed by atoms with Crippen molar-refractivity contribution in [3.05, 3.63) is 75.0 Å². The first kappa shape index (κ1) is 20.1. The fraction of sp³-hybridized carbons (Fsp3) is 0.143. The van der Waals surface area contributed by atoms with Crippen molar-refractivity contribution in [2.24, 2.45) is 0 Å². The number of thiophene rings is 1. The SMILES string of the molecule is COC(=O)c1sccc1Sc1ccc2c(=O)n(Cc3ccc(OC)nc3)ncc2c1. The van der Waals surface area contributed by atoms with E-state index in [0.29, 0.717) is 22.7 Å². The number of hydrogen-bond acceptors (Lipinski definition) is 8. The van der Waals surface area contributed by atoms with Crippen LogP contribution < -0.4 is 10.3 Å². The van der Waals surface area contributed by atoms with Crippen LogP contribution in [0.2, 0.25) is 0 Å². The zero-order chi connectivity index (χ0) is 21.1. The summed E-state index contributed by atoms with van der Waals surface area (Å²) in [6, 6.07) is 11.0. The molecule has 0 aliphatic heterocycles. The average molecular weight is 440 g/mol. The molecule has 0 saturated carbocycles. The summed E-state index contributed by atoms with van der Waals surface area (Å²) in [5, 5.41) is 7.47. The molecule has 0 atom stereocenters. The van der Waals surface area contributed by atoms with Crippen molar-refractivity contribution in [1.29, 1.82) is 0 Å². The van der Waals surface area contributed by atoms with Crippen LogP contribution in [0.15, 0.2) is 68.8 Å². The normalized spacial score (nSPS) is 10.9. The molecule has 0 aliphatic carbocycles. The highest BCUT2D eigenvalue weighted by atomic mass is 32.2. The smallest absolute Gasteiger partial charge is 0.349 e. The predicted octanol–water partition coefficient (Wildman–Crippen LogP) is 3.85. The summed E-state index contributed by atoms with van der Waals surface area (Å²) in [6.45, 7) is 0.319. The number of carbonyl (C=O) groups is 1. The minimum Gasteiger partial charge on any atom is -0.481 e. The summed E-state index contributed by atoms with van der Waals surface area (Å²) < 4.78 is 11.3. The molecule has 4 rings (SSSR count). The quantitative estimate of drug-likeness (QED) is 0.422. The standard InChI is InChI=1S/C21H17N3O4S2/c1-27-18-6-3-13(10-22-18)12-24-20(25)16-5-4-15(9-14(16)11-23-24)30-17-7-8-29-19(17)21(26)28-2/h3-11H,12H2,1-2H3. The van der Waals surface area contributed by atoms with Gasteiger partial charge in [0.1, 0.15) is 4.88 Å². The number of carbonyl (C=O) groups excluding carboxylic acids is 1. The number of rotatable bonds is 6. The Labute approximate surface area is 180 Å². The van der Waals surface area contributed by atoms with E-state index in [0.717, 1.165) is 20.7 Å². The highest BCUT2D eigenvalue weighted by Gasteiger charge is 2.15. The number of benzene rings is 1. The average Bonchev–Trinajstić information content (AvgIpc) is 3.23. The molecule has 0 fully saturated rings. The highest BCUT2D eigenvalue weighted by molar-refractivity contribution is 7.99. The summed E-state index contributed by atoms with van der Waals surface area (Å²) in [6.07, 6.45) is 3.34. The number of methoxy groups -OCH3 is 2. The topological polar surface area (TPSA) is 83.3 Å². The zero-order valence-corrected chi connectivity index (χ0v) is 17.8. The zero-order valence-electron chi connectivity index (χ0n) is 16.2. The van der Waals surface area contributed by atoms with Crippen LogP contribution in [0.25, 0.3) is 10.8 Å². The molecule has 4 aromatic rings. The molecule has 152 valence electrons. The van der Waals surface area contributed by atoms with E-state index < -0.39 is 0 Å². The van der Waals surface area contributed by atoms with Gasteiger partial charge in [-0.3, -0.25) is 4.79 Å². The molecule has 0 bridgehead atoms. The van der Waals surface area contributed by atoms with E-state index in [1.54, 1.807) is 31.6 Å². The first-order valence-corrected chi connectivity index (χ1v) is 10.6. The van der Waals surface area contributed by atoms with E-state index in [-0.39, 0.29) is 11.5 Å². The first-order chi connectivity index (χ1) is 14.6. The minimum absolute atomic E-state index is 0.175. The van der Waals surface area contributed by atoms with E-state index >= 15 is 0 Å². The van der Waals surface area contributed by atoms with Gasteiger partial charge in [-0.05, 0) is 35.2 Å². The number of fused-ring (bicyclic) bond motifs is 1. The predicted molar refractivity (Wildman–Crippen MR) is 116 cm³/mol. The van der Waals surface area contributed by atoms with Crippen LogP contribution in [-0.2, 0) is 11.3 Å². The molecule has 0 unspecified atom stereocenters. The van der Waals surface area contributed by atoms with Crippen LogP contribution in [-0.4, -0.2) is 35.0 Å². The molecule has 0 aliphatic rings.